The van der Waals surface area contributed by atoms with Gasteiger partial charge in [-0.3, -0.25) is 9.36 Å². The molecular weight excluding hydrogens is 429 g/mol. The van der Waals surface area contributed by atoms with Crippen molar-refractivity contribution in [1.29, 1.82) is 0 Å². The molecule has 0 atom stereocenters. The van der Waals surface area contributed by atoms with E-state index in [2.05, 4.69) is 27.4 Å². The summed E-state index contributed by atoms with van der Waals surface area (Å²) in [5, 5.41) is 11.9. The molecule has 0 unspecified atom stereocenters. The van der Waals surface area contributed by atoms with E-state index in [-0.39, 0.29) is 17.4 Å². The van der Waals surface area contributed by atoms with Crippen molar-refractivity contribution in [3.05, 3.63) is 78.3 Å². The number of nitrogens with one attached hydrogen (secondary N) is 1. The predicted octanol–water partition coefficient (Wildman–Crippen LogP) is 4.88. The summed E-state index contributed by atoms with van der Waals surface area (Å²) in [7, 11) is 0. The van der Waals surface area contributed by atoms with Crippen molar-refractivity contribution >= 4 is 17.7 Å². The Morgan fingerprint density at radius 3 is 2.69 bits per heavy atom. The molecule has 4 aromatic rings. The van der Waals surface area contributed by atoms with Gasteiger partial charge < -0.3 is 9.73 Å². The fourth-order valence-corrected chi connectivity index (χ4v) is 3.86. The van der Waals surface area contributed by atoms with E-state index in [1.807, 2.05) is 30.3 Å². The van der Waals surface area contributed by atoms with Crippen molar-refractivity contribution in [2.24, 2.45) is 0 Å². The molecule has 0 radical (unpaired) electrons. The molecule has 4 rings (SSSR count). The van der Waals surface area contributed by atoms with Crippen molar-refractivity contribution < 1.29 is 13.6 Å². The fourth-order valence-electron chi connectivity index (χ4n) is 3.06. The van der Waals surface area contributed by atoms with Crippen LogP contribution in [0.1, 0.15) is 36.1 Å². The Labute approximate surface area is 189 Å². The molecule has 1 amide bonds. The number of nitrogens with zero attached hydrogens (tertiary/aromatic N) is 4. The van der Waals surface area contributed by atoms with Crippen LogP contribution in [0.2, 0.25) is 0 Å². The topological polar surface area (TPSA) is 85.8 Å². The number of carbonyl (C=O) groups is 1. The fraction of sp³-hybridized carbons (Fsp3) is 0.217. The quantitative estimate of drug-likeness (QED) is 0.288. The summed E-state index contributed by atoms with van der Waals surface area (Å²) in [6.07, 6.45) is 3.24. The van der Waals surface area contributed by atoms with Crippen LogP contribution in [0, 0.1) is 5.82 Å². The number of amides is 1. The molecule has 0 saturated heterocycles. The highest BCUT2D eigenvalue weighted by atomic mass is 32.2. The monoisotopic (exact) mass is 451 g/mol. The Morgan fingerprint density at radius 2 is 1.91 bits per heavy atom. The molecule has 0 bridgehead atoms. The SMILES string of the molecule is CCCCNC(=O)c1coc(CSc2nnc(-c3ccccc3)n2-c2ccccc2F)n1. The molecular formula is C23H22FN5O2S. The molecule has 2 aromatic heterocycles. The van der Waals surface area contributed by atoms with E-state index in [4.69, 9.17) is 4.42 Å². The second-order valence-electron chi connectivity index (χ2n) is 6.98. The molecule has 0 aliphatic carbocycles. The summed E-state index contributed by atoms with van der Waals surface area (Å²) in [5.41, 5.74) is 1.40. The Kier molecular flexibility index (Phi) is 6.96. The molecule has 0 saturated carbocycles. The third kappa shape index (κ3) is 4.88. The first-order chi connectivity index (χ1) is 15.7. The summed E-state index contributed by atoms with van der Waals surface area (Å²) in [6.45, 7) is 2.65. The number of thioether (sulfide) groups is 1. The van der Waals surface area contributed by atoms with Gasteiger partial charge in [-0.15, -0.1) is 10.2 Å². The Hall–Kier alpha value is -3.46. The minimum atomic E-state index is -0.381. The summed E-state index contributed by atoms with van der Waals surface area (Å²) in [5.74, 6) is 0.568. The minimum absolute atomic E-state index is 0.234. The van der Waals surface area contributed by atoms with Gasteiger partial charge in [0.1, 0.15) is 12.1 Å². The number of hydrogen-bond donors (Lipinski definition) is 1. The van der Waals surface area contributed by atoms with E-state index in [0.29, 0.717) is 34.9 Å². The van der Waals surface area contributed by atoms with Crippen molar-refractivity contribution in [2.75, 3.05) is 6.54 Å². The van der Waals surface area contributed by atoms with Crippen LogP contribution >= 0.6 is 11.8 Å². The van der Waals surface area contributed by atoms with Crippen LogP contribution in [0.25, 0.3) is 17.1 Å². The number of unbranched alkanes of at least 4 members (excludes halogenated alkanes) is 1. The Morgan fingerprint density at radius 1 is 1.12 bits per heavy atom. The maximum absolute atomic E-state index is 14.7. The van der Waals surface area contributed by atoms with Crippen molar-refractivity contribution in [1.82, 2.24) is 25.1 Å². The molecule has 32 heavy (non-hydrogen) atoms. The van der Waals surface area contributed by atoms with Gasteiger partial charge in [-0.2, -0.15) is 0 Å². The summed E-state index contributed by atoms with van der Waals surface area (Å²) in [4.78, 5) is 16.4. The number of oxazole rings is 1. The van der Waals surface area contributed by atoms with Gasteiger partial charge in [0.25, 0.3) is 5.91 Å². The highest BCUT2D eigenvalue weighted by molar-refractivity contribution is 7.98. The van der Waals surface area contributed by atoms with Gasteiger partial charge in [-0.05, 0) is 18.6 Å². The lowest BCUT2D eigenvalue weighted by Gasteiger charge is -2.10. The lowest BCUT2D eigenvalue weighted by atomic mass is 10.2. The Balaban J connectivity index is 1.57. The maximum Gasteiger partial charge on any atom is 0.273 e. The van der Waals surface area contributed by atoms with Crippen LogP contribution in [0.15, 0.2) is 70.4 Å². The maximum atomic E-state index is 14.7. The standard InChI is InChI=1S/C23H22FN5O2S/c1-2-3-13-25-22(30)18-14-31-20(26-18)15-32-23-28-27-21(16-9-5-4-6-10-16)29(23)19-12-8-7-11-17(19)24/h4-12,14H,2-3,13,15H2,1H3,(H,25,30). The second kappa shape index (κ2) is 10.2. The summed E-state index contributed by atoms with van der Waals surface area (Å²) < 4.78 is 21.8. The first-order valence-corrected chi connectivity index (χ1v) is 11.3. The first kappa shape index (κ1) is 21.8. The highest BCUT2D eigenvalue weighted by Crippen LogP contribution is 2.30. The van der Waals surface area contributed by atoms with Crippen LogP contribution in [0.4, 0.5) is 4.39 Å². The lowest BCUT2D eigenvalue weighted by molar-refractivity contribution is 0.0948. The first-order valence-electron chi connectivity index (χ1n) is 10.3. The van der Waals surface area contributed by atoms with E-state index >= 15 is 0 Å². The van der Waals surface area contributed by atoms with Crippen molar-refractivity contribution in [2.45, 2.75) is 30.7 Å². The zero-order chi connectivity index (χ0) is 22.3. The van der Waals surface area contributed by atoms with Gasteiger partial charge in [0.15, 0.2) is 16.7 Å². The smallest absolute Gasteiger partial charge is 0.273 e. The normalized spacial score (nSPS) is 10.9. The van der Waals surface area contributed by atoms with Crippen LogP contribution in [-0.4, -0.2) is 32.2 Å². The molecule has 0 spiro atoms. The number of hydrogen-bond acceptors (Lipinski definition) is 6. The largest absolute Gasteiger partial charge is 0.447 e. The third-order valence-corrected chi connectivity index (χ3v) is 5.60. The van der Waals surface area contributed by atoms with Crippen molar-refractivity contribution in [3.8, 4) is 17.1 Å². The highest BCUT2D eigenvalue weighted by Gasteiger charge is 2.20. The number of carbonyl (C=O) groups excluding carboxylic acids is 1. The molecule has 7 nitrogen and oxygen atoms in total. The van der Waals surface area contributed by atoms with Gasteiger partial charge in [-0.1, -0.05) is 67.6 Å². The molecule has 0 aliphatic rings. The zero-order valence-electron chi connectivity index (χ0n) is 17.5. The second-order valence-corrected chi connectivity index (χ2v) is 7.93. The molecule has 0 fully saturated rings. The van der Waals surface area contributed by atoms with E-state index in [9.17, 15) is 9.18 Å². The number of aromatic nitrogens is 4. The van der Waals surface area contributed by atoms with E-state index in [0.717, 1.165) is 18.4 Å². The van der Waals surface area contributed by atoms with Gasteiger partial charge in [0.2, 0.25) is 5.89 Å². The van der Waals surface area contributed by atoms with Gasteiger partial charge >= 0.3 is 0 Å². The van der Waals surface area contributed by atoms with Crippen LogP contribution in [0.3, 0.4) is 0 Å². The number of rotatable bonds is 9. The molecule has 0 aliphatic heterocycles. The van der Waals surface area contributed by atoms with Crippen molar-refractivity contribution in [3.63, 3.8) is 0 Å². The van der Waals surface area contributed by atoms with E-state index < -0.39 is 0 Å². The summed E-state index contributed by atoms with van der Waals surface area (Å²) >= 11 is 1.30. The Bertz CT molecular complexity index is 1190. The third-order valence-electron chi connectivity index (χ3n) is 4.68. The lowest BCUT2D eigenvalue weighted by Crippen LogP contribution is -2.24. The predicted molar refractivity (Wildman–Crippen MR) is 120 cm³/mol. The average Bonchev–Trinajstić information content (AvgIpc) is 3.46. The molecule has 164 valence electrons. The molecule has 2 heterocycles. The number of benzene rings is 2. The van der Waals surface area contributed by atoms with Crippen LogP contribution in [-0.2, 0) is 5.75 Å². The van der Waals surface area contributed by atoms with Crippen LogP contribution in [0.5, 0.6) is 0 Å². The molecule has 1 N–H and O–H groups in total. The van der Waals surface area contributed by atoms with Gasteiger partial charge in [0, 0.05) is 12.1 Å². The molecule has 9 heteroatoms. The van der Waals surface area contributed by atoms with Gasteiger partial charge in [-0.25, -0.2) is 9.37 Å². The summed E-state index contributed by atoms with van der Waals surface area (Å²) in [6, 6.07) is 16.0. The molecule has 2 aromatic carbocycles. The average molecular weight is 452 g/mol. The van der Waals surface area contributed by atoms with E-state index in [1.54, 1.807) is 22.8 Å². The minimum Gasteiger partial charge on any atom is -0.447 e. The van der Waals surface area contributed by atoms with Crippen LogP contribution < -0.4 is 5.32 Å². The zero-order valence-corrected chi connectivity index (χ0v) is 18.3. The number of para-hydroxylation sites is 1. The van der Waals surface area contributed by atoms with Gasteiger partial charge in [0.05, 0.1) is 11.4 Å². The van der Waals surface area contributed by atoms with E-state index in [1.165, 1.54) is 24.1 Å². The number of halogens is 1.